The number of H-pyrrole nitrogens is 1. The summed E-state index contributed by atoms with van der Waals surface area (Å²) in [5.74, 6) is -1.99. The maximum absolute atomic E-state index is 15.8. The third kappa shape index (κ3) is 5.13. The van der Waals surface area contributed by atoms with Crippen molar-refractivity contribution >= 4 is 16.6 Å². The highest BCUT2D eigenvalue weighted by atomic mass is 19.2. The van der Waals surface area contributed by atoms with Crippen molar-refractivity contribution in [1.82, 2.24) is 14.8 Å². The minimum Gasteiger partial charge on any atom is -0.393 e. The Hall–Kier alpha value is -2.69. The van der Waals surface area contributed by atoms with Crippen molar-refractivity contribution in [2.45, 2.75) is 50.5 Å². The molecule has 206 valence electrons. The van der Waals surface area contributed by atoms with Crippen molar-refractivity contribution in [2.24, 2.45) is 0 Å². The molecule has 1 fully saturated rings. The van der Waals surface area contributed by atoms with E-state index in [4.69, 9.17) is 0 Å². The Morgan fingerprint density at radius 1 is 1.13 bits per heavy atom. The van der Waals surface area contributed by atoms with E-state index in [1.165, 1.54) is 31.2 Å². The molecule has 0 bridgehead atoms. The second-order valence-corrected chi connectivity index (χ2v) is 10.9. The fraction of sp³-hybridized carbons (Fsp3) is 0.500. The van der Waals surface area contributed by atoms with E-state index < -0.39 is 35.8 Å². The fourth-order valence-electron chi connectivity index (χ4n) is 5.81. The number of alkyl halides is 2. The van der Waals surface area contributed by atoms with Crippen LogP contribution in [0.2, 0.25) is 0 Å². The lowest BCUT2D eigenvalue weighted by molar-refractivity contribution is 0.0162. The molecular formula is C28H33F5N4O. The molecule has 3 N–H and O–H groups in total. The highest BCUT2D eigenvalue weighted by Crippen LogP contribution is 2.43. The number of aliphatic hydroxyl groups excluding tert-OH is 1. The van der Waals surface area contributed by atoms with Gasteiger partial charge in [-0.2, -0.15) is 0 Å². The van der Waals surface area contributed by atoms with Crippen LogP contribution < -0.4 is 5.32 Å². The lowest BCUT2D eigenvalue weighted by Gasteiger charge is -2.43. The Bertz CT molecular complexity index is 1280. The third-order valence-electron chi connectivity index (χ3n) is 7.70. The van der Waals surface area contributed by atoms with Crippen molar-refractivity contribution in [3.05, 3.63) is 64.6 Å². The van der Waals surface area contributed by atoms with Gasteiger partial charge < -0.3 is 15.4 Å². The van der Waals surface area contributed by atoms with Gasteiger partial charge in [-0.3, -0.25) is 14.2 Å². The molecule has 0 radical (unpaired) electrons. The molecule has 0 saturated carbocycles. The van der Waals surface area contributed by atoms with Crippen molar-refractivity contribution in [3.63, 3.8) is 0 Å². The Labute approximate surface area is 218 Å². The van der Waals surface area contributed by atoms with Crippen LogP contribution in [-0.2, 0) is 6.42 Å². The molecule has 5 nitrogen and oxygen atoms in total. The van der Waals surface area contributed by atoms with E-state index >= 15 is 13.2 Å². The van der Waals surface area contributed by atoms with Crippen LogP contribution in [0.3, 0.4) is 0 Å². The fourth-order valence-corrected chi connectivity index (χ4v) is 5.81. The van der Waals surface area contributed by atoms with Crippen LogP contribution in [0, 0.1) is 17.5 Å². The number of fused-ring (bicyclic) bond motifs is 3. The number of nitrogens with one attached hydrogen (secondary N) is 2. The molecule has 38 heavy (non-hydrogen) atoms. The first-order valence-electron chi connectivity index (χ1n) is 13.0. The SMILES string of the molecule is C[C@H]1Cc2c([nH]c3ccc(F)cc23)[C@H](c2c(F)cc(NC3CN(CCCF)C3)cc2F)N1C[C@](C)(F)CO. The number of rotatable bonds is 9. The Balaban J connectivity index is 1.52. The monoisotopic (exact) mass is 536 g/mol. The lowest BCUT2D eigenvalue weighted by Crippen LogP contribution is -2.54. The van der Waals surface area contributed by atoms with Crippen molar-refractivity contribution in [2.75, 3.05) is 44.8 Å². The summed E-state index contributed by atoms with van der Waals surface area (Å²) in [5.41, 5.74) is -0.0993. The number of aliphatic hydroxyl groups is 1. The van der Waals surface area contributed by atoms with Gasteiger partial charge in [0.1, 0.15) is 23.1 Å². The minimum absolute atomic E-state index is 0.00234. The molecule has 2 aromatic carbocycles. The van der Waals surface area contributed by atoms with Crippen LogP contribution in [0.25, 0.3) is 10.9 Å². The topological polar surface area (TPSA) is 54.5 Å². The maximum Gasteiger partial charge on any atom is 0.143 e. The molecule has 0 aliphatic carbocycles. The molecule has 3 heterocycles. The van der Waals surface area contributed by atoms with Crippen LogP contribution in [0.5, 0.6) is 0 Å². The van der Waals surface area contributed by atoms with Gasteiger partial charge in [0.25, 0.3) is 0 Å². The summed E-state index contributed by atoms with van der Waals surface area (Å²) >= 11 is 0. The molecule has 2 aliphatic rings. The van der Waals surface area contributed by atoms with E-state index in [0.717, 1.165) is 5.56 Å². The molecule has 3 aromatic rings. The smallest absolute Gasteiger partial charge is 0.143 e. The molecule has 2 aliphatic heterocycles. The number of anilines is 1. The molecule has 1 aromatic heterocycles. The molecular weight excluding hydrogens is 503 g/mol. The van der Waals surface area contributed by atoms with Crippen LogP contribution >= 0.6 is 0 Å². The maximum atomic E-state index is 15.8. The molecule has 3 atom stereocenters. The highest BCUT2D eigenvalue weighted by Gasteiger charge is 2.42. The zero-order valence-corrected chi connectivity index (χ0v) is 21.5. The number of halogens is 5. The molecule has 1 saturated heterocycles. The van der Waals surface area contributed by atoms with Gasteiger partial charge in [-0.1, -0.05) is 0 Å². The van der Waals surface area contributed by atoms with Crippen molar-refractivity contribution < 1.29 is 27.1 Å². The zero-order chi connectivity index (χ0) is 27.2. The van der Waals surface area contributed by atoms with Crippen LogP contribution in [0.4, 0.5) is 27.6 Å². The first-order chi connectivity index (χ1) is 18.1. The van der Waals surface area contributed by atoms with Gasteiger partial charge in [0.15, 0.2) is 0 Å². The first-order valence-corrected chi connectivity index (χ1v) is 13.0. The van der Waals surface area contributed by atoms with Crippen LogP contribution in [0.15, 0.2) is 30.3 Å². The van der Waals surface area contributed by atoms with Crippen LogP contribution in [0.1, 0.15) is 43.1 Å². The Morgan fingerprint density at radius 2 is 1.84 bits per heavy atom. The van der Waals surface area contributed by atoms with E-state index in [1.807, 2.05) is 6.92 Å². The summed E-state index contributed by atoms with van der Waals surface area (Å²) in [6, 6.07) is 5.40. The zero-order valence-electron chi connectivity index (χ0n) is 21.5. The lowest BCUT2D eigenvalue weighted by atomic mass is 9.87. The van der Waals surface area contributed by atoms with Crippen molar-refractivity contribution in [3.8, 4) is 0 Å². The molecule has 10 heteroatoms. The number of aromatic nitrogens is 1. The second kappa shape index (κ2) is 10.5. The van der Waals surface area contributed by atoms with Gasteiger partial charge in [-0.15, -0.1) is 0 Å². The van der Waals surface area contributed by atoms with Gasteiger partial charge >= 0.3 is 0 Å². The van der Waals surface area contributed by atoms with Gasteiger partial charge in [0.2, 0.25) is 0 Å². The average molecular weight is 537 g/mol. The molecule has 5 rings (SSSR count). The number of nitrogens with zero attached hydrogens (tertiary/aromatic N) is 2. The van der Waals surface area contributed by atoms with Crippen LogP contribution in [-0.4, -0.2) is 77.1 Å². The van der Waals surface area contributed by atoms with Gasteiger partial charge in [0, 0.05) is 60.1 Å². The second-order valence-electron chi connectivity index (χ2n) is 10.9. The highest BCUT2D eigenvalue weighted by molar-refractivity contribution is 5.85. The predicted octanol–water partition coefficient (Wildman–Crippen LogP) is 5.10. The number of aromatic amines is 1. The van der Waals surface area contributed by atoms with E-state index in [-0.39, 0.29) is 30.9 Å². The first kappa shape index (κ1) is 26.9. The summed E-state index contributed by atoms with van der Waals surface area (Å²) in [6.07, 6.45) is 0.873. The van der Waals surface area contributed by atoms with E-state index in [9.17, 15) is 13.9 Å². The summed E-state index contributed by atoms with van der Waals surface area (Å²) < 4.78 is 73.1. The summed E-state index contributed by atoms with van der Waals surface area (Å²) in [5, 5.41) is 13.4. The molecule has 0 amide bonds. The van der Waals surface area contributed by atoms with E-state index in [1.54, 1.807) is 11.0 Å². The number of hydrogen-bond acceptors (Lipinski definition) is 4. The van der Waals surface area contributed by atoms with Gasteiger partial charge in [-0.05, 0) is 62.6 Å². The van der Waals surface area contributed by atoms with E-state index in [2.05, 4.69) is 15.2 Å². The normalized spacial score (nSPS) is 22.3. The van der Waals surface area contributed by atoms with E-state index in [0.29, 0.717) is 54.8 Å². The summed E-state index contributed by atoms with van der Waals surface area (Å²) in [7, 11) is 0. The Kier molecular flexibility index (Phi) is 7.41. The molecule has 0 spiro atoms. The number of benzene rings is 2. The average Bonchev–Trinajstić information content (AvgIpc) is 3.18. The quantitative estimate of drug-likeness (QED) is 0.333. The predicted molar refractivity (Wildman–Crippen MR) is 137 cm³/mol. The largest absolute Gasteiger partial charge is 0.393 e. The van der Waals surface area contributed by atoms with Crippen molar-refractivity contribution in [1.29, 1.82) is 0 Å². The summed E-state index contributed by atoms with van der Waals surface area (Å²) in [6.45, 7) is 3.66. The van der Waals surface area contributed by atoms with Gasteiger partial charge in [-0.25, -0.2) is 17.6 Å². The third-order valence-corrected chi connectivity index (χ3v) is 7.70. The Morgan fingerprint density at radius 3 is 2.50 bits per heavy atom. The standard InChI is InChI=1S/C28H33F5N4O/c1-16-8-21-20-9-17(30)4-5-24(20)35-26(21)27(37(16)14-28(2,33)15-38)25-22(31)10-18(11-23(25)32)34-19-12-36(13-19)7-3-6-29/h4-5,9-11,16,19,27,34-35,38H,3,6-8,12-15H2,1-2H3/t16-,27-,28-/m0/s1. The molecule has 0 unspecified atom stereocenters. The number of likely N-dealkylation sites (tertiary alicyclic amines) is 1. The van der Waals surface area contributed by atoms with Gasteiger partial charge in [0.05, 0.1) is 25.4 Å². The summed E-state index contributed by atoms with van der Waals surface area (Å²) in [4.78, 5) is 6.94. The number of hydrogen-bond donors (Lipinski definition) is 3. The minimum atomic E-state index is -2.01.